The van der Waals surface area contributed by atoms with Crippen molar-refractivity contribution in [2.24, 2.45) is 5.92 Å². The molecule has 0 aromatic heterocycles. The second-order valence-corrected chi connectivity index (χ2v) is 5.61. The molecular formula is C13H19BrN2O. The van der Waals surface area contributed by atoms with E-state index >= 15 is 0 Å². The Morgan fingerprint density at radius 3 is 3.00 bits per heavy atom. The molecule has 0 radical (unpaired) electrons. The molecule has 0 bridgehead atoms. The van der Waals surface area contributed by atoms with Crippen LogP contribution in [0, 0.1) is 5.92 Å². The molecule has 1 heterocycles. The molecule has 0 spiro atoms. The van der Waals surface area contributed by atoms with Gasteiger partial charge in [0.1, 0.15) is 0 Å². The zero-order valence-electron chi connectivity index (χ0n) is 9.90. The number of hydrogen-bond acceptors (Lipinski definition) is 3. The molecule has 0 aliphatic carbocycles. The van der Waals surface area contributed by atoms with Gasteiger partial charge in [0.25, 0.3) is 0 Å². The molecule has 1 aromatic carbocycles. The fourth-order valence-electron chi connectivity index (χ4n) is 2.42. The molecule has 2 rings (SSSR count). The monoisotopic (exact) mass is 298 g/mol. The molecule has 94 valence electrons. The molecule has 1 saturated heterocycles. The van der Waals surface area contributed by atoms with Crippen LogP contribution < -0.4 is 5.73 Å². The van der Waals surface area contributed by atoms with Gasteiger partial charge >= 0.3 is 0 Å². The van der Waals surface area contributed by atoms with Crippen molar-refractivity contribution >= 4 is 21.6 Å². The zero-order chi connectivity index (χ0) is 12.3. The van der Waals surface area contributed by atoms with E-state index in [4.69, 9.17) is 10.8 Å². The lowest BCUT2D eigenvalue weighted by molar-refractivity contribution is 0.249. The van der Waals surface area contributed by atoms with E-state index < -0.39 is 0 Å². The second kappa shape index (κ2) is 5.85. The number of halogens is 1. The van der Waals surface area contributed by atoms with Crippen LogP contribution in [0.3, 0.4) is 0 Å². The molecule has 1 atom stereocenters. The number of aliphatic hydroxyl groups excluding tert-OH is 1. The van der Waals surface area contributed by atoms with Gasteiger partial charge in [-0.3, -0.25) is 4.90 Å². The van der Waals surface area contributed by atoms with E-state index in [-0.39, 0.29) is 0 Å². The van der Waals surface area contributed by atoms with E-state index in [1.54, 1.807) is 0 Å². The first-order valence-electron chi connectivity index (χ1n) is 6.06. The Labute approximate surface area is 111 Å². The molecule has 1 unspecified atom stereocenters. The lowest BCUT2D eigenvalue weighted by Gasteiger charge is -2.16. The first-order chi connectivity index (χ1) is 8.19. The third-order valence-electron chi connectivity index (χ3n) is 3.37. The van der Waals surface area contributed by atoms with Gasteiger partial charge in [0.2, 0.25) is 0 Å². The van der Waals surface area contributed by atoms with Crippen LogP contribution in [0.2, 0.25) is 0 Å². The van der Waals surface area contributed by atoms with Gasteiger partial charge in [-0.25, -0.2) is 0 Å². The summed E-state index contributed by atoms with van der Waals surface area (Å²) < 4.78 is 0.959. The molecular weight excluding hydrogens is 280 g/mol. The summed E-state index contributed by atoms with van der Waals surface area (Å²) in [5.74, 6) is 0.660. The molecule has 3 N–H and O–H groups in total. The normalized spacial score (nSPS) is 20.9. The maximum absolute atomic E-state index is 8.93. The van der Waals surface area contributed by atoms with Crippen molar-refractivity contribution in [3.8, 4) is 0 Å². The number of benzene rings is 1. The number of nitrogens with two attached hydrogens (primary N) is 1. The Balaban J connectivity index is 1.91. The zero-order valence-corrected chi connectivity index (χ0v) is 11.5. The van der Waals surface area contributed by atoms with Crippen LogP contribution in [0.4, 0.5) is 5.69 Å². The van der Waals surface area contributed by atoms with E-state index in [1.807, 2.05) is 12.1 Å². The molecule has 0 amide bonds. The molecule has 0 saturated carbocycles. The van der Waals surface area contributed by atoms with Crippen molar-refractivity contribution in [2.45, 2.75) is 19.4 Å². The van der Waals surface area contributed by atoms with E-state index in [2.05, 4.69) is 26.9 Å². The van der Waals surface area contributed by atoms with Crippen LogP contribution in [-0.2, 0) is 6.54 Å². The first-order valence-corrected chi connectivity index (χ1v) is 6.85. The van der Waals surface area contributed by atoms with Crippen molar-refractivity contribution in [1.29, 1.82) is 0 Å². The van der Waals surface area contributed by atoms with Crippen molar-refractivity contribution in [3.63, 3.8) is 0 Å². The summed E-state index contributed by atoms with van der Waals surface area (Å²) in [6, 6.07) is 6.15. The van der Waals surface area contributed by atoms with Crippen LogP contribution in [0.25, 0.3) is 0 Å². The summed E-state index contributed by atoms with van der Waals surface area (Å²) in [6.45, 7) is 3.49. The van der Waals surface area contributed by atoms with Gasteiger partial charge in [0.15, 0.2) is 0 Å². The van der Waals surface area contributed by atoms with Crippen molar-refractivity contribution in [1.82, 2.24) is 4.90 Å². The van der Waals surface area contributed by atoms with Gasteiger partial charge in [-0.1, -0.05) is 6.07 Å². The van der Waals surface area contributed by atoms with Gasteiger partial charge in [-0.2, -0.15) is 0 Å². The molecule has 1 aliphatic rings. The number of nitrogen functional groups attached to an aromatic ring is 1. The molecule has 17 heavy (non-hydrogen) atoms. The highest BCUT2D eigenvalue weighted by Gasteiger charge is 2.21. The Morgan fingerprint density at radius 2 is 2.29 bits per heavy atom. The number of nitrogens with zero attached hydrogens (tertiary/aromatic N) is 1. The predicted octanol–water partition coefficient (Wildman–Crippen LogP) is 2.24. The highest BCUT2D eigenvalue weighted by molar-refractivity contribution is 9.10. The number of rotatable bonds is 4. The highest BCUT2D eigenvalue weighted by Crippen LogP contribution is 2.24. The number of hydrogen-bond donors (Lipinski definition) is 2. The smallest absolute Gasteiger partial charge is 0.0461 e. The lowest BCUT2D eigenvalue weighted by atomic mass is 10.1. The van der Waals surface area contributed by atoms with Gasteiger partial charge in [-0.05, 0) is 58.9 Å². The van der Waals surface area contributed by atoms with Crippen molar-refractivity contribution in [3.05, 3.63) is 28.2 Å². The summed E-state index contributed by atoms with van der Waals surface area (Å²) in [5.41, 5.74) is 7.93. The second-order valence-electron chi connectivity index (χ2n) is 4.76. The van der Waals surface area contributed by atoms with E-state index in [9.17, 15) is 0 Å². The quantitative estimate of drug-likeness (QED) is 0.838. The van der Waals surface area contributed by atoms with Crippen LogP contribution >= 0.6 is 15.9 Å². The third kappa shape index (κ3) is 3.44. The summed E-state index contributed by atoms with van der Waals surface area (Å²) in [6.07, 6.45) is 2.13. The van der Waals surface area contributed by atoms with E-state index in [0.29, 0.717) is 12.5 Å². The summed E-state index contributed by atoms with van der Waals surface area (Å²) in [5, 5.41) is 8.93. The average molecular weight is 299 g/mol. The first kappa shape index (κ1) is 12.9. The van der Waals surface area contributed by atoms with Gasteiger partial charge in [-0.15, -0.1) is 0 Å². The van der Waals surface area contributed by atoms with Gasteiger partial charge < -0.3 is 10.8 Å². The minimum Gasteiger partial charge on any atom is -0.398 e. The Kier molecular flexibility index (Phi) is 4.42. The lowest BCUT2D eigenvalue weighted by Crippen LogP contribution is -2.20. The van der Waals surface area contributed by atoms with Crippen LogP contribution in [0.5, 0.6) is 0 Å². The minimum absolute atomic E-state index is 0.309. The maximum atomic E-state index is 8.93. The summed E-state index contributed by atoms with van der Waals surface area (Å²) in [4.78, 5) is 2.43. The fraction of sp³-hybridized carbons (Fsp3) is 0.538. The maximum Gasteiger partial charge on any atom is 0.0461 e. The molecule has 1 fully saturated rings. The van der Waals surface area contributed by atoms with E-state index in [1.165, 1.54) is 12.0 Å². The number of likely N-dealkylation sites (tertiary alicyclic amines) is 1. The Bertz CT molecular complexity index is 384. The average Bonchev–Trinajstić information content (AvgIpc) is 2.72. The standard InChI is InChI=1S/C13H19BrN2O/c14-12-2-1-11(7-13(12)15)9-16-5-3-10(8-16)4-6-17/h1-2,7,10,17H,3-6,8-9,15H2. The number of anilines is 1. The van der Waals surface area contributed by atoms with E-state index in [0.717, 1.165) is 36.2 Å². The van der Waals surface area contributed by atoms with Crippen LogP contribution in [0.15, 0.2) is 22.7 Å². The largest absolute Gasteiger partial charge is 0.398 e. The summed E-state index contributed by atoms with van der Waals surface area (Å²) >= 11 is 3.41. The van der Waals surface area contributed by atoms with Gasteiger partial charge in [0.05, 0.1) is 0 Å². The minimum atomic E-state index is 0.309. The van der Waals surface area contributed by atoms with Crippen molar-refractivity contribution in [2.75, 3.05) is 25.4 Å². The van der Waals surface area contributed by atoms with Crippen LogP contribution in [0.1, 0.15) is 18.4 Å². The Hall–Kier alpha value is -0.580. The topological polar surface area (TPSA) is 49.5 Å². The molecule has 1 aromatic rings. The van der Waals surface area contributed by atoms with Gasteiger partial charge in [0, 0.05) is 29.9 Å². The molecule has 3 nitrogen and oxygen atoms in total. The summed E-state index contributed by atoms with van der Waals surface area (Å²) in [7, 11) is 0. The fourth-order valence-corrected chi connectivity index (χ4v) is 2.67. The third-order valence-corrected chi connectivity index (χ3v) is 4.10. The van der Waals surface area contributed by atoms with Crippen LogP contribution in [-0.4, -0.2) is 29.7 Å². The SMILES string of the molecule is Nc1cc(CN2CCC(CCO)C2)ccc1Br. The Morgan fingerprint density at radius 1 is 1.47 bits per heavy atom. The highest BCUT2D eigenvalue weighted by atomic mass is 79.9. The van der Waals surface area contributed by atoms with Crippen molar-refractivity contribution < 1.29 is 5.11 Å². The predicted molar refractivity (Wildman–Crippen MR) is 73.6 cm³/mol. The molecule has 1 aliphatic heterocycles. The molecule has 4 heteroatoms. The number of aliphatic hydroxyl groups is 1.